The molecule has 2 unspecified atom stereocenters. The number of nitrogens with zero attached hydrogens (tertiary/aromatic N) is 1. The lowest BCUT2D eigenvalue weighted by molar-refractivity contribution is 0.160. The van der Waals surface area contributed by atoms with Gasteiger partial charge in [0, 0.05) is 25.0 Å². The van der Waals surface area contributed by atoms with Gasteiger partial charge in [0.25, 0.3) is 0 Å². The van der Waals surface area contributed by atoms with E-state index >= 15 is 0 Å². The van der Waals surface area contributed by atoms with Crippen LogP contribution < -0.4 is 5.73 Å². The fourth-order valence-electron chi connectivity index (χ4n) is 3.47. The van der Waals surface area contributed by atoms with E-state index in [4.69, 9.17) is 5.73 Å². The second-order valence-electron chi connectivity index (χ2n) is 6.85. The number of likely N-dealkylation sites (tertiary alicyclic amines) is 1. The van der Waals surface area contributed by atoms with Crippen LogP contribution in [0, 0.1) is 17.6 Å². The van der Waals surface area contributed by atoms with Gasteiger partial charge in [-0.05, 0) is 54.3 Å². The predicted octanol–water partition coefficient (Wildman–Crippen LogP) is 4.19. The lowest BCUT2D eigenvalue weighted by atomic mass is 9.88. The Bertz CT molecular complexity index is 615. The molecular formula is C20H25ClF2N2. The molecular weight excluding hydrogens is 342 g/mol. The number of hydrogen-bond acceptors (Lipinski definition) is 2. The Labute approximate surface area is 154 Å². The molecule has 2 N–H and O–H groups in total. The minimum Gasteiger partial charge on any atom is -0.327 e. The van der Waals surface area contributed by atoms with Gasteiger partial charge in [-0.25, -0.2) is 8.78 Å². The summed E-state index contributed by atoms with van der Waals surface area (Å²) < 4.78 is 26.6. The Balaban J connectivity index is 0.00000225. The minimum atomic E-state index is -0.242. The smallest absolute Gasteiger partial charge is 0.123 e. The maximum atomic E-state index is 13.3. The molecule has 2 nitrogen and oxygen atoms in total. The third kappa shape index (κ3) is 5.00. The lowest BCUT2D eigenvalue weighted by Crippen LogP contribution is -2.47. The van der Waals surface area contributed by atoms with Crippen molar-refractivity contribution in [2.45, 2.75) is 25.3 Å². The molecule has 1 aliphatic heterocycles. The average molecular weight is 367 g/mol. The summed E-state index contributed by atoms with van der Waals surface area (Å²) in [5, 5.41) is 0. The van der Waals surface area contributed by atoms with E-state index in [-0.39, 0.29) is 36.0 Å². The highest BCUT2D eigenvalue weighted by Gasteiger charge is 2.26. The second kappa shape index (κ2) is 8.75. The summed E-state index contributed by atoms with van der Waals surface area (Å²) in [5.41, 5.74) is 8.21. The molecule has 0 amide bonds. The number of halogens is 3. The van der Waals surface area contributed by atoms with Crippen molar-refractivity contribution < 1.29 is 8.78 Å². The van der Waals surface area contributed by atoms with Crippen LogP contribution in [0.25, 0.3) is 0 Å². The van der Waals surface area contributed by atoms with Crippen LogP contribution >= 0.6 is 12.4 Å². The molecule has 136 valence electrons. The fourth-order valence-corrected chi connectivity index (χ4v) is 3.47. The Kier molecular flexibility index (Phi) is 6.94. The molecule has 1 saturated heterocycles. The first-order valence-corrected chi connectivity index (χ1v) is 8.52. The number of benzene rings is 2. The minimum absolute atomic E-state index is 0. The van der Waals surface area contributed by atoms with E-state index in [9.17, 15) is 8.78 Å². The quantitative estimate of drug-likeness (QED) is 0.879. The molecule has 0 radical (unpaired) electrons. The van der Waals surface area contributed by atoms with Gasteiger partial charge in [0.2, 0.25) is 0 Å². The van der Waals surface area contributed by atoms with Crippen molar-refractivity contribution in [2.75, 3.05) is 19.6 Å². The van der Waals surface area contributed by atoms with Crippen molar-refractivity contribution in [1.29, 1.82) is 0 Å². The number of piperidine rings is 1. The van der Waals surface area contributed by atoms with Gasteiger partial charge in [0.1, 0.15) is 11.6 Å². The second-order valence-corrected chi connectivity index (χ2v) is 6.85. The molecule has 0 spiro atoms. The Hall–Kier alpha value is -1.49. The van der Waals surface area contributed by atoms with Crippen LogP contribution in [0.2, 0.25) is 0 Å². The van der Waals surface area contributed by atoms with E-state index < -0.39 is 0 Å². The van der Waals surface area contributed by atoms with Crippen LogP contribution in [-0.2, 0) is 0 Å². The molecule has 2 aromatic carbocycles. The number of nitrogens with two attached hydrogens (primary N) is 1. The highest BCUT2D eigenvalue weighted by Crippen LogP contribution is 2.28. The van der Waals surface area contributed by atoms with Gasteiger partial charge in [-0.2, -0.15) is 0 Å². The monoisotopic (exact) mass is 366 g/mol. The molecule has 2 aromatic rings. The maximum absolute atomic E-state index is 13.3. The predicted molar refractivity (Wildman–Crippen MR) is 100 cm³/mol. The van der Waals surface area contributed by atoms with Crippen LogP contribution in [-0.4, -0.2) is 30.6 Å². The zero-order valence-electron chi connectivity index (χ0n) is 14.4. The first-order valence-electron chi connectivity index (χ1n) is 8.52. The van der Waals surface area contributed by atoms with E-state index in [2.05, 4.69) is 11.8 Å². The molecule has 3 rings (SSSR count). The molecule has 25 heavy (non-hydrogen) atoms. The molecule has 5 heteroatoms. The zero-order chi connectivity index (χ0) is 17.1. The van der Waals surface area contributed by atoms with Gasteiger partial charge >= 0.3 is 0 Å². The topological polar surface area (TPSA) is 29.3 Å². The van der Waals surface area contributed by atoms with Crippen molar-refractivity contribution in [1.82, 2.24) is 4.90 Å². The van der Waals surface area contributed by atoms with Crippen molar-refractivity contribution in [2.24, 2.45) is 11.7 Å². The van der Waals surface area contributed by atoms with E-state index in [0.717, 1.165) is 37.2 Å². The Morgan fingerprint density at radius 2 is 1.48 bits per heavy atom. The van der Waals surface area contributed by atoms with Crippen LogP contribution in [0.15, 0.2) is 48.5 Å². The summed E-state index contributed by atoms with van der Waals surface area (Å²) in [7, 11) is 0. The number of rotatable bonds is 4. The summed E-state index contributed by atoms with van der Waals surface area (Å²) >= 11 is 0. The fraction of sp³-hybridized carbons (Fsp3) is 0.400. The van der Waals surface area contributed by atoms with Crippen molar-refractivity contribution in [3.05, 3.63) is 71.3 Å². The Morgan fingerprint density at radius 1 is 1.00 bits per heavy atom. The largest absolute Gasteiger partial charge is 0.327 e. The highest BCUT2D eigenvalue weighted by molar-refractivity contribution is 5.85. The maximum Gasteiger partial charge on any atom is 0.123 e. The normalized spacial score (nSPS) is 21.2. The van der Waals surface area contributed by atoms with Crippen LogP contribution in [0.3, 0.4) is 0 Å². The van der Waals surface area contributed by atoms with Gasteiger partial charge < -0.3 is 10.6 Å². The van der Waals surface area contributed by atoms with Crippen molar-refractivity contribution in [3.8, 4) is 0 Å². The summed E-state index contributed by atoms with van der Waals surface area (Å²) in [6.07, 6.45) is 0.987. The van der Waals surface area contributed by atoms with Gasteiger partial charge in [-0.3, -0.25) is 0 Å². The molecule has 0 aromatic heterocycles. The van der Waals surface area contributed by atoms with Gasteiger partial charge in [0.05, 0.1) is 0 Å². The van der Waals surface area contributed by atoms with Gasteiger partial charge in [0.15, 0.2) is 0 Å². The van der Waals surface area contributed by atoms with Gasteiger partial charge in [-0.1, -0.05) is 31.2 Å². The van der Waals surface area contributed by atoms with E-state index in [1.165, 1.54) is 24.3 Å². The summed E-state index contributed by atoms with van der Waals surface area (Å²) in [6.45, 7) is 4.93. The standard InChI is InChI=1S/C20H24F2N2.ClH/c1-14-12-24(11-10-20(14)23)13-19(15-2-6-17(21)7-3-15)16-4-8-18(22)9-5-16;/h2-9,14,19-20H,10-13,23H2,1H3;1H. The third-order valence-corrected chi connectivity index (χ3v) is 5.04. The summed E-state index contributed by atoms with van der Waals surface area (Å²) in [5.74, 6) is 0.0666. The SMILES string of the molecule is CC1CN(CC(c2ccc(F)cc2)c2ccc(F)cc2)CCC1N.Cl. The Morgan fingerprint density at radius 3 is 1.92 bits per heavy atom. The number of hydrogen-bond donors (Lipinski definition) is 1. The lowest BCUT2D eigenvalue weighted by Gasteiger charge is -2.37. The molecule has 0 saturated carbocycles. The molecule has 2 atom stereocenters. The van der Waals surface area contributed by atoms with E-state index in [1.807, 2.05) is 24.3 Å². The summed E-state index contributed by atoms with van der Waals surface area (Å²) in [4.78, 5) is 2.41. The van der Waals surface area contributed by atoms with Crippen LogP contribution in [0.5, 0.6) is 0 Å². The zero-order valence-corrected chi connectivity index (χ0v) is 15.2. The molecule has 1 aliphatic rings. The van der Waals surface area contributed by atoms with Gasteiger partial charge in [-0.15, -0.1) is 12.4 Å². The molecule has 1 heterocycles. The molecule has 0 aliphatic carbocycles. The molecule has 1 fully saturated rings. The molecule has 0 bridgehead atoms. The van der Waals surface area contributed by atoms with Crippen LogP contribution in [0.1, 0.15) is 30.4 Å². The van der Waals surface area contributed by atoms with E-state index in [0.29, 0.717) is 5.92 Å². The summed E-state index contributed by atoms with van der Waals surface area (Å²) in [6, 6.07) is 13.5. The highest BCUT2D eigenvalue weighted by atomic mass is 35.5. The van der Waals surface area contributed by atoms with Crippen LogP contribution in [0.4, 0.5) is 8.78 Å². The third-order valence-electron chi connectivity index (χ3n) is 5.04. The average Bonchev–Trinajstić information content (AvgIpc) is 2.58. The first-order chi connectivity index (χ1) is 11.5. The van der Waals surface area contributed by atoms with E-state index in [1.54, 1.807) is 0 Å². The van der Waals surface area contributed by atoms with Crippen molar-refractivity contribution >= 4 is 12.4 Å². The first kappa shape index (κ1) is 19.8. The van der Waals surface area contributed by atoms with Crippen molar-refractivity contribution in [3.63, 3.8) is 0 Å².